The van der Waals surface area contributed by atoms with Gasteiger partial charge in [0.1, 0.15) is 11.8 Å². The van der Waals surface area contributed by atoms with Crippen molar-refractivity contribution in [3.05, 3.63) is 45.3 Å². The van der Waals surface area contributed by atoms with Crippen LogP contribution in [0.1, 0.15) is 11.1 Å². The summed E-state index contributed by atoms with van der Waals surface area (Å²) in [6, 6.07) is 5.56. The van der Waals surface area contributed by atoms with E-state index >= 15 is 0 Å². The van der Waals surface area contributed by atoms with Crippen molar-refractivity contribution in [2.75, 3.05) is 13.7 Å². The number of carbonyl (C=O) groups excluding carboxylic acids is 2. The number of ether oxygens (including phenoxy) is 1. The lowest BCUT2D eigenvalue weighted by atomic mass is 10.1. The first-order valence-corrected chi connectivity index (χ1v) is 8.23. The number of halogens is 1. The van der Waals surface area contributed by atoms with E-state index < -0.39 is 0 Å². The van der Waals surface area contributed by atoms with Gasteiger partial charge in [-0.15, -0.1) is 6.58 Å². The molecule has 7 heteroatoms. The van der Waals surface area contributed by atoms with E-state index in [-0.39, 0.29) is 17.8 Å². The molecule has 0 aliphatic carbocycles. The van der Waals surface area contributed by atoms with Crippen LogP contribution in [0.3, 0.4) is 0 Å². The molecule has 0 bridgehead atoms. The average Bonchev–Trinajstić information content (AvgIpc) is 2.74. The molecule has 1 aliphatic rings. The molecule has 0 saturated carbocycles. The second kappa shape index (κ2) is 7.49. The Balaban J connectivity index is 2.41. The summed E-state index contributed by atoms with van der Waals surface area (Å²) in [6.45, 7) is 3.65. The smallest absolute Gasteiger partial charge is 0.293 e. The minimum Gasteiger partial charge on any atom is -0.477 e. The van der Waals surface area contributed by atoms with Crippen molar-refractivity contribution < 1.29 is 14.3 Å². The molecular formula is C16H13BrN2O3S. The van der Waals surface area contributed by atoms with Crippen molar-refractivity contribution >= 4 is 44.9 Å². The zero-order chi connectivity index (χ0) is 17.0. The third-order valence-electron chi connectivity index (χ3n) is 3.07. The molecule has 2 rings (SSSR count). The fourth-order valence-corrected chi connectivity index (χ4v) is 3.49. The molecule has 0 radical (unpaired) electrons. The lowest BCUT2D eigenvalue weighted by Gasteiger charge is -2.12. The summed E-state index contributed by atoms with van der Waals surface area (Å²) in [4.78, 5) is 25.0. The second-order valence-electron chi connectivity index (χ2n) is 4.67. The number of likely N-dealkylation sites (N-methyl/N-ethyl adjacent to an activating group) is 1. The standard InChI is InChI=1S/C16H13BrN2O3S/c1-3-4-11-7-10(8-12(17)14(11)22-6-5-18)9-13-15(20)19(2)16(21)23-13/h3,7-9H,1,4,6H2,2H3/b13-9-. The van der Waals surface area contributed by atoms with E-state index in [2.05, 4.69) is 22.5 Å². The second-order valence-corrected chi connectivity index (χ2v) is 6.52. The van der Waals surface area contributed by atoms with E-state index in [1.54, 1.807) is 18.2 Å². The SMILES string of the molecule is C=CCc1cc(/C=C2\SC(=O)N(C)C2=O)cc(Br)c1OCC#N. The molecule has 2 amide bonds. The van der Waals surface area contributed by atoms with Crippen molar-refractivity contribution in [1.29, 1.82) is 5.26 Å². The third-order valence-corrected chi connectivity index (χ3v) is 4.62. The van der Waals surface area contributed by atoms with E-state index in [4.69, 9.17) is 10.00 Å². The van der Waals surface area contributed by atoms with Gasteiger partial charge in [-0.3, -0.25) is 14.5 Å². The Bertz CT molecular complexity index is 752. The number of carbonyl (C=O) groups is 2. The average molecular weight is 393 g/mol. The molecule has 1 aliphatic heterocycles. The Labute approximate surface area is 146 Å². The quantitative estimate of drug-likeness (QED) is 0.563. The van der Waals surface area contributed by atoms with Gasteiger partial charge in [-0.05, 0) is 63.4 Å². The van der Waals surface area contributed by atoms with Gasteiger partial charge in [-0.2, -0.15) is 5.26 Å². The van der Waals surface area contributed by atoms with Gasteiger partial charge in [-0.25, -0.2) is 0 Å². The monoisotopic (exact) mass is 392 g/mol. The maximum absolute atomic E-state index is 12.0. The van der Waals surface area contributed by atoms with Gasteiger partial charge in [0.25, 0.3) is 11.1 Å². The third kappa shape index (κ3) is 3.84. The van der Waals surface area contributed by atoms with Crippen LogP contribution in [0.25, 0.3) is 6.08 Å². The van der Waals surface area contributed by atoms with Crippen LogP contribution in [0.2, 0.25) is 0 Å². The number of benzene rings is 1. The number of nitrogens with zero attached hydrogens (tertiary/aromatic N) is 2. The van der Waals surface area contributed by atoms with Crippen LogP contribution in [-0.2, 0) is 11.2 Å². The molecule has 23 heavy (non-hydrogen) atoms. The highest BCUT2D eigenvalue weighted by Crippen LogP contribution is 2.35. The van der Waals surface area contributed by atoms with Gasteiger partial charge < -0.3 is 4.74 Å². The lowest BCUT2D eigenvalue weighted by molar-refractivity contribution is -0.121. The van der Waals surface area contributed by atoms with Crippen molar-refractivity contribution in [1.82, 2.24) is 4.90 Å². The highest BCUT2D eigenvalue weighted by Gasteiger charge is 2.31. The number of thioether (sulfide) groups is 1. The van der Waals surface area contributed by atoms with Crippen molar-refractivity contribution in [2.24, 2.45) is 0 Å². The molecule has 0 atom stereocenters. The van der Waals surface area contributed by atoms with Crippen LogP contribution >= 0.6 is 27.7 Å². The molecule has 0 unspecified atom stereocenters. The summed E-state index contributed by atoms with van der Waals surface area (Å²) in [5, 5.41) is 8.37. The van der Waals surface area contributed by atoms with E-state index in [9.17, 15) is 9.59 Å². The molecule has 1 fully saturated rings. The largest absolute Gasteiger partial charge is 0.477 e. The maximum atomic E-state index is 12.0. The molecular weight excluding hydrogens is 380 g/mol. The van der Waals surface area contributed by atoms with E-state index in [1.165, 1.54) is 7.05 Å². The minimum absolute atomic E-state index is 0.0587. The molecule has 1 saturated heterocycles. The molecule has 5 nitrogen and oxygen atoms in total. The summed E-state index contributed by atoms with van der Waals surface area (Å²) >= 11 is 4.33. The Morgan fingerprint density at radius 3 is 2.78 bits per heavy atom. The maximum Gasteiger partial charge on any atom is 0.293 e. The van der Waals surface area contributed by atoms with Gasteiger partial charge in [0.05, 0.1) is 9.38 Å². The normalized spacial score (nSPS) is 15.9. The van der Waals surface area contributed by atoms with Crippen LogP contribution in [0.5, 0.6) is 5.75 Å². The Morgan fingerprint density at radius 1 is 1.48 bits per heavy atom. The number of rotatable bonds is 5. The summed E-state index contributed by atoms with van der Waals surface area (Å²) in [5.41, 5.74) is 1.60. The van der Waals surface area contributed by atoms with Crippen LogP contribution < -0.4 is 4.74 Å². The molecule has 0 aromatic heterocycles. The van der Waals surface area contributed by atoms with Crippen molar-refractivity contribution in [3.63, 3.8) is 0 Å². The molecule has 1 heterocycles. The topological polar surface area (TPSA) is 70.4 Å². The minimum atomic E-state index is -0.314. The van der Waals surface area contributed by atoms with E-state index in [0.29, 0.717) is 21.5 Å². The van der Waals surface area contributed by atoms with E-state index in [1.807, 2.05) is 12.1 Å². The summed E-state index contributed by atoms with van der Waals surface area (Å²) in [6.07, 6.45) is 3.95. The molecule has 1 aromatic carbocycles. The number of imide groups is 1. The summed E-state index contributed by atoms with van der Waals surface area (Å²) in [7, 11) is 1.45. The summed E-state index contributed by atoms with van der Waals surface area (Å²) < 4.78 is 6.11. The zero-order valence-electron chi connectivity index (χ0n) is 12.3. The number of nitriles is 1. The van der Waals surface area contributed by atoms with Crippen molar-refractivity contribution in [2.45, 2.75) is 6.42 Å². The van der Waals surface area contributed by atoms with Gasteiger partial charge in [0, 0.05) is 7.05 Å². The van der Waals surface area contributed by atoms with Gasteiger partial charge in [0.2, 0.25) is 0 Å². The zero-order valence-corrected chi connectivity index (χ0v) is 14.7. The van der Waals surface area contributed by atoms with Crippen LogP contribution in [-0.4, -0.2) is 29.7 Å². The number of amides is 2. The van der Waals surface area contributed by atoms with Crippen molar-refractivity contribution in [3.8, 4) is 11.8 Å². The predicted octanol–water partition coefficient (Wildman–Crippen LogP) is 3.75. The fraction of sp³-hybridized carbons (Fsp3) is 0.188. The Kier molecular flexibility index (Phi) is 5.64. The van der Waals surface area contributed by atoms with Crippen LogP contribution in [0.15, 0.2) is 34.2 Å². The lowest BCUT2D eigenvalue weighted by Crippen LogP contribution is -2.22. The van der Waals surface area contributed by atoms with Crippen LogP contribution in [0, 0.1) is 11.3 Å². The first-order chi connectivity index (χ1) is 11.0. The van der Waals surface area contributed by atoms with Gasteiger partial charge >= 0.3 is 0 Å². The number of hydrogen-bond donors (Lipinski definition) is 0. The molecule has 0 N–H and O–H groups in total. The first kappa shape index (κ1) is 17.3. The van der Waals surface area contributed by atoms with Gasteiger partial charge in [-0.1, -0.05) is 6.08 Å². The van der Waals surface area contributed by atoms with Crippen LogP contribution in [0.4, 0.5) is 4.79 Å². The molecule has 1 aromatic rings. The number of allylic oxidation sites excluding steroid dienone is 1. The van der Waals surface area contributed by atoms with Gasteiger partial charge in [0.15, 0.2) is 6.61 Å². The Morgan fingerprint density at radius 2 is 2.22 bits per heavy atom. The Hall–Kier alpha value is -2.04. The predicted molar refractivity (Wildman–Crippen MR) is 92.9 cm³/mol. The highest BCUT2D eigenvalue weighted by atomic mass is 79.9. The summed E-state index contributed by atoms with van der Waals surface area (Å²) in [5.74, 6) is 0.262. The molecule has 118 valence electrons. The fourth-order valence-electron chi connectivity index (χ4n) is 2.03. The highest BCUT2D eigenvalue weighted by molar-refractivity contribution is 9.10. The van der Waals surface area contributed by atoms with E-state index in [0.717, 1.165) is 27.8 Å². The first-order valence-electron chi connectivity index (χ1n) is 6.62. The number of hydrogen-bond acceptors (Lipinski definition) is 5. The molecule has 0 spiro atoms.